The van der Waals surface area contributed by atoms with Crippen LogP contribution >= 0.6 is 0 Å². The molecule has 9 heteroatoms. The number of ether oxygens (including phenoxy) is 2. The van der Waals surface area contributed by atoms with Crippen molar-refractivity contribution in [3.63, 3.8) is 0 Å². The number of amides is 1. The van der Waals surface area contributed by atoms with Crippen molar-refractivity contribution in [1.82, 2.24) is 4.31 Å². The van der Waals surface area contributed by atoms with Crippen LogP contribution in [0.2, 0.25) is 0 Å². The van der Waals surface area contributed by atoms with E-state index in [-0.39, 0.29) is 4.90 Å². The number of carbonyl (C=O) groups is 2. The van der Waals surface area contributed by atoms with E-state index < -0.39 is 28.5 Å². The smallest absolute Gasteiger partial charge is 0.331 e. The Morgan fingerprint density at radius 2 is 1.77 bits per heavy atom. The lowest BCUT2D eigenvalue weighted by molar-refractivity contribution is -0.142. The second-order valence-electron chi connectivity index (χ2n) is 6.89. The van der Waals surface area contributed by atoms with Gasteiger partial charge in [0.25, 0.3) is 5.91 Å². The van der Waals surface area contributed by atoms with Crippen LogP contribution in [0, 0.1) is 6.92 Å². The molecule has 0 radical (unpaired) electrons. The second kappa shape index (κ2) is 10.3. The Morgan fingerprint density at radius 1 is 1.10 bits per heavy atom. The number of hydrogen-bond donors (Lipinski definition) is 1. The van der Waals surface area contributed by atoms with Gasteiger partial charge in [0.05, 0.1) is 18.1 Å². The molecule has 0 aliphatic carbocycles. The van der Waals surface area contributed by atoms with Gasteiger partial charge in [-0.1, -0.05) is 30.3 Å². The predicted octanol–water partition coefficient (Wildman–Crippen LogP) is 2.21. The Labute approximate surface area is 181 Å². The Bertz CT molecular complexity index is 1060. The van der Waals surface area contributed by atoms with Crippen molar-refractivity contribution in [1.29, 1.82) is 0 Å². The summed E-state index contributed by atoms with van der Waals surface area (Å²) in [6.07, 6.45) is 2.68. The monoisotopic (exact) mass is 444 g/mol. The quantitative estimate of drug-likeness (QED) is 0.519. The van der Waals surface area contributed by atoms with E-state index in [2.05, 4.69) is 5.32 Å². The van der Waals surface area contributed by atoms with Crippen LogP contribution in [-0.2, 0) is 29.1 Å². The standard InChI is InChI=1S/C22H24N2O6S/c1-17-4-2-3-5-20(17)23-21(25)16-30-22(26)11-8-18-6-9-19(10-7-18)31(27,28)24-12-14-29-15-13-24/h2-11H,12-16H2,1H3,(H,23,25)/b11-8+. The number of nitrogens with zero attached hydrogens (tertiary/aromatic N) is 1. The van der Waals surface area contributed by atoms with E-state index in [1.165, 1.54) is 28.6 Å². The van der Waals surface area contributed by atoms with Crippen molar-refractivity contribution in [2.45, 2.75) is 11.8 Å². The van der Waals surface area contributed by atoms with Gasteiger partial charge in [0, 0.05) is 24.9 Å². The van der Waals surface area contributed by atoms with Gasteiger partial charge >= 0.3 is 5.97 Å². The molecule has 1 fully saturated rings. The number of esters is 1. The second-order valence-corrected chi connectivity index (χ2v) is 8.83. The lowest BCUT2D eigenvalue weighted by Crippen LogP contribution is -2.40. The molecule has 1 heterocycles. The van der Waals surface area contributed by atoms with Gasteiger partial charge in [-0.3, -0.25) is 4.79 Å². The normalized spacial score (nSPS) is 15.0. The zero-order chi connectivity index (χ0) is 22.3. The highest BCUT2D eigenvalue weighted by atomic mass is 32.2. The first-order valence-electron chi connectivity index (χ1n) is 9.74. The number of benzene rings is 2. The molecule has 0 unspecified atom stereocenters. The van der Waals surface area contributed by atoms with Gasteiger partial charge in [0.15, 0.2) is 6.61 Å². The zero-order valence-electron chi connectivity index (χ0n) is 17.1. The summed E-state index contributed by atoms with van der Waals surface area (Å²) in [6, 6.07) is 13.5. The largest absolute Gasteiger partial charge is 0.452 e. The molecule has 0 aromatic heterocycles. The molecule has 1 aliphatic heterocycles. The van der Waals surface area contributed by atoms with Crippen LogP contribution in [0.3, 0.4) is 0 Å². The first-order valence-corrected chi connectivity index (χ1v) is 11.2. The van der Waals surface area contributed by atoms with Crippen molar-refractivity contribution < 1.29 is 27.5 Å². The topological polar surface area (TPSA) is 102 Å². The van der Waals surface area contributed by atoms with Gasteiger partial charge in [-0.05, 0) is 42.3 Å². The van der Waals surface area contributed by atoms with Crippen LogP contribution in [0.15, 0.2) is 59.5 Å². The molecule has 3 rings (SSSR count). The Balaban J connectivity index is 1.51. The van der Waals surface area contributed by atoms with Crippen LogP contribution in [-0.4, -0.2) is 57.5 Å². The molecule has 0 saturated carbocycles. The van der Waals surface area contributed by atoms with E-state index in [0.29, 0.717) is 37.6 Å². The maximum atomic E-state index is 12.6. The molecule has 0 bridgehead atoms. The highest BCUT2D eigenvalue weighted by Crippen LogP contribution is 2.18. The number of aryl methyl sites for hydroxylation is 1. The zero-order valence-corrected chi connectivity index (χ0v) is 17.9. The van der Waals surface area contributed by atoms with Crippen LogP contribution in [0.25, 0.3) is 6.08 Å². The SMILES string of the molecule is Cc1ccccc1NC(=O)COC(=O)/C=C/c1ccc(S(=O)(=O)N2CCOCC2)cc1. The van der Waals surface area contributed by atoms with Gasteiger partial charge in [-0.2, -0.15) is 4.31 Å². The molecule has 1 N–H and O–H groups in total. The first-order chi connectivity index (χ1) is 14.9. The number of sulfonamides is 1. The molecule has 0 spiro atoms. The third kappa shape index (κ3) is 6.24. The first kappa shape index (κ1) is 22.7. The molecule has 1 saturated heterocycles. The Kier molecular flexibility index (Phi) is 7.56. The molecular weight excluding hydrogens is 420 g/mol. The summed E-state index contributed by atoms with van der Waals surface area (Å²) >= 11 is 0. The fourth-order valence-electron chi connectivity index (χ4n) is 2.94. The lowest BCUT2D eigenvalue weighted by atomic mass is 10.2. The highest BCUT2D eigenvalue weighted by molar-refractivity contribution is 7.89. The summed E-state index contributed by atoms with van der Waals surface area (Å²) in [6.45, 7) is 2.87. The Hall–Kier alpha value is -3.01. The summed E-state index contributed by atoms with van der Waals surface area (Å²) in [5.41, 5.74) is 2.19. The van der Waals surface area contributed by atoms with E-state index in [9.17, 15) is 18.0 Å². The third-order valence-electron chi connectivity index (χ3n) is 4.66. The number of carbonyl (C=O) groups excluding carboxylic acids is 2. The lowest BCUT2D eigenvalue weighted by Gasteiger charge is -2.26. The van der Waals surface area contributed by atoms with Crippen molar-refractivity contribution in [2.24, 2.45) is 0 Å². The van der Waals surface area contributed by atoms with Crippen molar-refractivity contribution >= 4 is 33.7 Å². The molecule has 0 atom stereocenters. The molecule has 164 valence electrons. The number of anilines is 1. The van der Waals surface area contributed by atoms with E-state index in [4.69, 9.17) is 9.47 Å². The molecule has 1 amide bonds. The molecule has 1 aliphatic rings. The van der Waals surface area contributed by atoms with Gasteiger partial charge in [0.2, 0.25) is 10.0 Å². The fourth-order valence-corrected chi connectivity index (χ4v) is 4.34. The maximum Gasteiger partial charge on any atom is 0.331 e. The van der Waals surface area contributed by atoms with Gasteiger partial charge < -0.3 is 14.8 Å². The van der Waals surface area contributed by atoms with Gasteiger partial charge in [0.1, 0.15) is 0 Å². The number of morpholine rings is 1. The van der Waals surface area contributed by atoms with E-state index in [0.717, 1.165) is 5.56 Å². The van der Waals surface area contributed by atoms with Crippen molar-refractivity contribution in [3.8, 4) is 0 Å². The predicted molar refractivity (Wildman–Crippen MR) is 116 cm³/mol. The summed E-state index contributed by atoms with van der Waals surface area (Å²) in [5, 5.41) is 2.68. The Morgan fingerprint density at radius 3 is 2.45 bits per heavy atom. The summed E-state index contributed by atoms with van der Waals surface area (Å²) < 4.78 is 36.7. The number of nitrogens with one attached hydrogen (secondary N) is 1. The van der Waals surface area contributed by atoms with Crippen LogP contribution in [0.1, 0.15) is 11.1 Å². The molecular formula is C22H24N2O6S. The number of rotatable bonds is 7. The van der Waals surface area contributed by atoms with Gasteiger partial charge in [-0.15, -0.1) is 0 Å². The maximum absolute atomic E-state index is 12.6. The molecule has 2 aromatic rings. The van der Waals surface area contributed by atoms with Gasteiger partial charge in [-0.25, -0.2) is 13.2 Å². The summed E-state index contributed by atoms with van der Waals surface area (Å²) in [7, 11) is -3.56. The molecule has 8 nitrogen and oxygen atoms in total. The average molecular weight is 445 g/mol. The molecule has 31 heavy (non-hydrogen) atoms. The van der Waals surface area contributed by atoms with Crippen LogP contribution in [0.5, 0.6) is 0 Å². The summed E-state index contributed by atoms with van der Waals surface area (Å²) in [5.74, 6) is -1.11. The average Bonchev–Trinajstić information content (AvgIpc) is 2.79. The van der Waals surface area contributed by atoms with Crippen molar-refractivity contribution in [2.75, 3.05) is 38.2 Å². The minimum Gasteiger partial charge on any atom is -0.452 e. The summed E-state index contributed by atoms with van der Waals surface area (Å²) in [4.78, 5) is 24.0. The molecule has 2 aromatic carbocycles. The number of para-hydroxylation sites is 1. The van der Waals surface area contributed by atoms with E-state index >= 15 is 0 Å². The van der Waals surface area contributed by atoms with Crippen LogP contribution < -0.4 is 5.32 Å². The third-order valence-corrected chi connectivity index (χ3v) is 6.58. The minimum absolute atomic E-state index is 0.182. The van der Waals surface area contributed by atoms with Crippen LogP contribution in [0.4, 0.5) is 5.69 Å². The minimum atomic E-state index is -3.56. The van der Waals surface area contributed by atoms with E-state index in [1.807, 2.05) is 19.1 Å². The fraction of sp³-hybridized carbons (Fsp3) is 0.273. The van der Waals surface area contributed by atoms with E-state index in [1.54, 1.807) is 24.3 Å². The number of hydrogen-bond acceptors (Lipinski definition) is 6. The van der Waals surface area contributed by atoms with Crippen molar-refractivity contribution in [3.05, 3.63) is 65.7 Å². The highest BCUT2D eigenvalue weighted by Gasteiger charge is 2.25.